The third-order valence-electron chi connectivity index (χ3n) is 2.88. The van der Waals surface area contributed by atoms with Gasteiger partial charge in [0.1, 0.15) is 6.61 Å². The van der Waals surface area contributed by atoms with Crippen LogP contribution in [0.2, 0.25) is 0 Å². The Kier molecular flexibility index (Phi) is 6.22. The highest BCUT2D eigenvalue weighted by atomic mass is 19.4. The van der Waals surface area contributed by atoms with Crippen molar-refractivity contribution < 1.29 is 17.9 Å². The number of piperidine rings is 1. The summed E-state index contributed by atoms with van der Waals surface area (Å²) in [5.41, 5.74) is 0. The van der Waals surface area contributed by atoms with Crippen LogP contribution in [-0.2, 0) is 4.74 Å². The van der Waals surface area contributed by atoms with Gasteiger partial charge in [0.05, 0.1) is 0 Å². The fourth-order valence-electron chi connectivity index (χ4n) is 1.88. The van der Waals surface area contributed by atoms with Crippen LogP contribution in [0.15, 0.2) is 0 Å². The summed E-state index contributed by atoms with van der Waals surface area (Å²) in [6, 6.07) is 0.508. The molecule has 0 spiro atoms. The van der Waals surface area contributed by atoms with Crippen LogP contribution >= 0.6 is 0 Å². The predicted molar refractivity (Wildman–Crippen MR) is 60.0 cm³/mol. The predicted octanol–water partition coefficient (Wildman–Crippen LogP) is 1.64. The molecule has 1 N–H and O–H groups in total. The molecule has 3 nitrogen and oxygen atoms in total. The minimum atomic E-state index is -4.21. The minimum absolute atomic E-state index is 0.166. The normalized spacial score (nSPS) is 19.8. The zero-order chi connectivity index (χ0) is 12.7. The first kappa shape index (κ1) is 14.7. The van der Waals surface area contributed by atoms with Gasteiger partial charge in [-0.1, -0.05) is 0 Å². The minimum Gasteiger partial charge on any atom is -0.372 e. The lowest BCUT2D eigenvalue weighted by atomic mass is 10.1. The Balaban J connectivity index is 1.91. The van der Waals surface area contributed by atoms with Crippen molar-refractivity contribution in [3.63, 3.8) is 0 Å². The fraction of sp³-hybridized carbons (Fsp3) is 1.00. The van der Waals surface area contributed by atoms with Crippen molar-refractivity contribution in [1.29, 1.82) is 0 Å². The van der Waals surface area contributed by atoms with Crippen LogP contribution in [0, 0.1) is 0 Å². The molecule has 1 aliphatic rings. The van der Waals surface area contributed by atoms with Gasteiger partial charge in [-0.15, -0.1) is 0 Å². The van der Waals surface area contributed by atoms with Crippen LogP contribution in [0.1, 0.15) is 19.3 Å². The maximum Gasteiger partial charge on any atom is 0.411 e. The molecule has 1 heterocycles. The van der Waals surface area contributed by atoms with E-state index in [-0.39, 0.29) is 6.61 Å². The average Bonchev–Trinajstić information content (AvgIpc) is 2.24. The molecular formula is C11H21F3N2O. The molecule has 0 atom stereocenters. The van der Waals surface area contributed by atoms with Crippen molar-refractivity contribution in [2.45, 2.75) is 31.5 Å². The van der Waals surface area contributed by atoms with Gasteiger partial charge in [-0.05, 0) is 45.9 Å². The first-order valence-electron chi connectivity index (χ1n) is 6.04. The molecule has 6 heteroatoms. The molecule has 0 unspecified atom stereocenters. The molecule has 1 saturated heterocycles. The number of ether oxygens (including phenoxy) is 1. The Morgan fingerprint density at radius 2 is 1.94 bits per heavy atom. The molecule has 0 aromatic carbocycles. The number of rotatable bonds is 6. The Labute approximate surface area is 100 Å². The largest absolute Gasteiger partial charge is 0.411 e. The summed E-state index contributed by atoms with van der Waals surface area (Å²) in [7, 11) is 2.10. The Morgan fingerprint density at radius 3 is 2.53 bits per heavy atom. The van der Waals surface area contributed by atoms with E-state index in [9.17, 15) is 13.2 Å². The molecule has 102 valence electrons. The zero-order valence-corrected chi connectivity index (χ0v) is 10.2. The van der Waals surface area contributed by atoms with Gasteiger partial charge >= 0.3 is 6.18 Å². The van der Waals surface area contributed by atoms with E-state index in [1.807, 2.05) is 0 Å². The van der Waals surface area contributed by atoms with E-state index < -0.39 is 12.8 Å². The molecule has 0 aromatic rings. The summed E-state index contributed by atoms with van der Waals surface area (Å²) < 4.78 is 39.8. The van der Waals surface area contributed by atoms with Crippen LogP contribution in [0.5, 0.6) is 0 Å². The summed E-state index contributed by atoms with van der Waals surface area (Å²) in [4.78, 5) is 2.28. The summed E-state index contributed by atoms with van der Waals surface area (Å²) in [5.74, 6) is 0. The number of hydrogen-bond acceptors (Lipinski definition) is 3. The molecule has 1 fully saturated rings. The zero-order valence-electron chi connectivity index (χ0n) is 10.2. The molecule has 0 aliphatic carbocycles. The van der Waals surface area contributed by atoms with Crippen LogP contribution in [0.4, 0.5) is 13.2 Å². The van der Waals surface area contributed by atoms with Gasteiger partial charge in [0.25, 0.3) is 0 Å². The van der Waals surface area contributed by atoms with Gasteiger partial charge < -0.3 is 15.0 Å². The van der Waals surface area contributed by atoms with Gasteiger partial charge in [0.15, 0.2) is 0 Å². The molecule has 0 amide bonds. The SMILES string of the molecule is CN1CCC(NCCCOCC(F)(F)F)CC1. The van der Waals surface area contributed by atoms with Crippen molar-refractivity contribution >= 4 is 0 Å². The average molecular weight is 254 g/mol. The second kappa shape index (κ2) is 7.18. The summed E-state index contributed by atoms with van der Waals surface area (Å²) in [5, 5.41) is 3.35. The third kappa shape index (κ3) is 7.57. The number of nitrogens with zero attached hydrogens (tertiary/aromatic N) is 1. The molecule has 0 bridgehead atoms. The highest BCUT2D eigenvalue weighted by molar-refractivity contribution is 4.75. The van der Waals surface area contributed by atoms with Crippen molar-refractivity contribution in [3.8, 4) is 0 Å². The van der Waals surface area contributed by atoms with E-state index in [0.29, 0.717) is 12.5 Å². The molecule has 1 rings (SSSR count). The van der Waals surface area contributed by atoms with Crippen LogP contribution in [0.3, 0.4) is 0 Å². The summed E-state index contributed by atoms with van der Waals surface area (Å²) in [6.07, 6.45) is -1.36. The fourth-order valence-corrected chi connectivity index (χ4v) is 1.88. The van der Waals surface area contributed by atoms with Gasteiger partial charge in [0, 0.05) is 12.6 Å². The van der Waals surface area contributed by atoms with Gasteiger partial charge in [-0.3, -0.25) is 0 Å². The monoisotopic (exact) mass is 254 g/mol. The highest BCUT2D eigenvalue weighted by Gasteiger charge is 2.27. The number of halogens is 3. The van der Waals surface area contributed by atoms with Crippen LogP contribution in [0.25, 0.3) is 0 Å². The van der Waals surface area contributed by atoms with E-state index >= 15 is 0 Å². The van der Waals surface area contributed by atoms with Crippen LogP contribution in [-0.4, -0.2) is 57.0 Å². The lowest BCUT2D eigenvalue weighted by molar-refractivity contribution is -0.173. The third-order valence-corrected chi connectivity index (χ3v) is 2.88. The van der Waals surface area contributed by atoms with E-state index in [2.05, 4.69) is 22.0 Å². The van der Waals surface area contributed by atoms with Crippen molar-refractivity contribution in [2.24, 2.45) is 0 Å². The first-order chi connectivity index (χ1) is 7.97. The van der Waals surface area contributed by atoms with E-state index in [1.54, 1.807) is 0 Å². The summed E-state index contributed by atoms with van der Waals surface area (Å²) >= 11 is 0. The van der Waals surface area contributed by atoms with Crippen molar-refractivity contribution in [2.75, 3.05) is 39.9 Å². The number of hydrogen-bond donors (Lipinski definition) is 1. The van der Waals surface area contributed by atoms with Crippen LogP contribution < -0.4 is 5.32 Å². The topological polar surface area (TPSA) is 24.5 Å². The highest BCUT2D eigenvalue weighted by Crippen LogP contribution is 2.14. The Hall–Kier alpha value is -0.330. The van der Waals surface area contributed by atoms with E-state index in [0.717, 1.165) is 32.5 Å². The van der Waals surface area contributed by atoms with Crippen molar-refractivity contribution in [3.05, 3.63) is 0 Å². The number of likely N-dealkylation sites (tertiary alicyclic amines) is 1. The molecule has 0 saturated carbocycles. The second-order valence-electron chi connectivity index (χ2n) is 4.55. The molecule has 1 aliphatic heterocycles. The number of nitrogens with one attached hydrogen (secondary N) is 1. The van der Waals surface area contributed by atoms with Gasteiger partial charge in [-0.2, -0.15) is 13.2 Å². The lowest BCUT2D eigenvalue weighted by Crippen LogP contribution is -2.41. The Morgan fingerprint density at radius 1 is 1.29 bits per heavy atom. The molecule has 0 radical (unpaired) electrons. The van der Waals surface area contributed by atoms with E-state index in [4.69, 9.17) is 0 Å². The Bertz CT molecular complexity index is 203. The first-order valence-corrected chi connectivity index (χ1v) is 6.04. The molecule has 17 heavy (non-hydrogen) atoms. The maximum absolute atomic E-state index is 11.7. The maximum atomic E-state index is 11.7. The van der Waals surface area contributed by atoms with Gasteiger partial charge in [-0.25, -0.2) is 0 Å². The second-order valence-corrected chi connectivity index (χ2v) is 4.55. The quantitative estimate of drug-likeness (QED) is 0.729. The van der Waals surface area contributed by atoms with Crippen molar-refractivity contribution in [1.82, 2.24) is 10.2 Å². The molecular weight excluding hydrogens is 233 g/mol. The molecule has 0 aromatic heterocycles. The van der Waals surface area contributed by atoms with E-state index in [1.165, 1.54) is 0 Å². The van der Waals surface area contributed by atoms with Gasteiger partial charge in [0.2, 0.25) is 0 Å². The number of alkyl halides is 3. The standard InChI is InChI=1S/C11H21F3N2O/c1-16-6-3-10(4-7-16)15-5-2-8-17-9-11(12,13)14/h10,15H,2-9H2,1H3. The summed E-state index contributed by atoms with van der Waals surface area (Å²) in [6.45, 7) is 1.93. The lowest BCUT2D eigenvalue weighted by Gasteiger charge is -2.29. The smallest absolute Gasteiger partial charge is 0.372 e.